The molecular weight excluding hydrogens is 98.1 g/mol. The van der Waals surface area contributed by atoms with Crippen LogP contribution >= 0.6 is 0 Å². The second-order valence-corrected chi connectivity index (χ2v) is 1.68. The number of pyridine rings is 1. The average Bonchev–Trinajstić information content (AvgIpc) is 1.64. The fourth-order valence-corrected chi connectivity index (χ4v) is 0.526. The van der Waals surface area contributed by atoms with Gasteiger partial charge in [-0.25, -0.2) is 0 Å². The molecule has 1 nitrogen and oxygen atoms in total. The molecule has 0 spiro atoms. The highest BCUT2D eigenvalue weighted by Gasteiger charge is 1.84. The lowest BCUT2D eigenvalue weighted by Gasteiger charge is -1.87. The van der Waals surface area contributed by atoms with E-state index in [0.29, 0.717) is 0 Å². The van der Waals surface area contributed by atoms with Gasteiger partial charge in [-0.05, 0) is 19.4 Å². The first-order valence-corrected chi connectivity index (χ1v) is 2.45. The van der Waals surface area contributed by atoms with E-state index < -0.39 is 0 Å². The summed E-state index contributed by atoms with van der Waals surface area (Å²) in [6, 6.07) is 5.75. The van der Waals surface area contributed by atoms with E-state index in [9.17, 15) is 0 Å². The van der Waals surface area contributed by atoms with Gasteiger partial charge in [-0.15, -0.1) is 0 Å². The smallest absolute Gasteiger partial charge is 0.0978 e. The van der Waals surface area contributed by atoms with E-state index in [1.165, 1.54) is 0 Å². The molecule has 8 heavy (non-hydrogen) atoms. The Morgan fingerprint density at radius 2 is 2.12 bits per heavy atom. The molecule has 0 aliphatic heterocycles. The van der Waals surface area contributed by atoms with Gasteiger partial charge in [-0.2, -0.15) is 0 Å². The molecule has 1 rings (SSSR count). The van der Waals surface area contributed by atoms with Crippen LogP contribution in [-0.4, -0.2) is 4.98 Å². The standard InChI is InChI=1S/C7H6N/c1-6-3-4-8-7(2)5-6/h1-2H3. The van der Waals surface area contributed by atoms with E-state index in [-0.39, 0.29) is 0 Å². The maximum Gasteiger partial charge on any atom is 0.0978 e. The Labute approximate surface area is 49.4 Å². The van der Waals surface area contributed by atoms with E-state index in [2.05, 4.69) is 23.3 Å². The van der Waals surface area contributed by atoms with Crippen molar-refractivity contribution in [2.45, 2.75) is 13.8 Å². The van der Waals surface area contributed by atoms with Crippen molar-refractivity contribution in [2.24, 2.45) is 0 Å². The molecule has 39 valence electrons. The molecular formula is C7H6N. The molecule has 0 N–H and O–H groups in total. The van der Waals surface area contributed by atoms with Gasteiger partial charge in [-0.1, -0.05) is 0 Å². The van der Waals surface area contributed by atoms with Crippen LogP contribution in [0.3, 0.4) is 0 Å². The van der Waals surface area contributed by atoms with E-state index in [1.54, 1.807) is 0 Å². The lowest BCUT2D eigenvalue weighted by atomic mass is 10.3. The van der Waals surface area contributed by atoms with E-state index in [1.807, 2.05) is 13.8 Å². The molecule has 0 fully saturated rings. The summed E-state index contributed by atoms with van der Waals surface area (Å²) >= 11 is 0. The molecule has 0 saturated carbocycles. The largest absolute Gasteiger partial charge is 0.250 e. The van der Waals surface area contributed by atoms with Crippen LogP contribution in [0, 0.1) is 32.2 Å². The van der Waals surface area contributed by atoms with E-state index in [0.717, 1.165) is 11.3 Å². The van der Waals surface area contributed by atoms with Gasteiger partial charge >= 0.3 is 0 Å². The Balaban J connectivity index is 3.08. The Morgan fingerprint density at radius 1 is 1.38 bits per heavy atom. The van der Waals surface area contributed by atoms with Gasteiger partial charge in [-0.3, -0.25) is 4.98 Å². The SMILES string of the molecule is Cc1[c][c]nc(C)[c]1. The summed E-state index contributed by atoms with van der Waals surface area (Å²) in [4.78, 5) is 3.80. The molecule has 0 saturated heterocycles. The van der Waals surface area contributed by atoms with Gasteiger partial charge in [0.05, 0.1) is 6.20 Å². The highest BCUT2D eigenvalue weighted by molar-refractivity contribution is 5.08. The van der Waals surface area contributed by atoms with Gasteiger partial charge in [0.2, 0.25) is 0 Å². The molecule has 0 aliphatic carbocycles. The summed E-state index contributed by atoms with van der Waals surface area (Å²) in [5, 5.41) is 0. The topological polar surface area (TPSA) is 12.9 Å². The minimum atomic E-state index is 0.876. The zero-order valence-electron chi connectivity index (χ0n) is 4.95. The molecule has 0 atom stereocenters. The first-order chi connectivity index (χ1) is 3.79. The predicted molar refractivity (Wildman–Crippen MR) is 30.2 cm³/mol. The Morgan fingerprint density at radius 3 is 2.50 bits per heavy atom. The van der Waals surface area contributed by atoms with Crippen molar-refractivity contribution in [3.05, 3.63) is 29.6 Å². The fraction of sp³-hybridized carbons (Fsp3) is 0.286. The van der Waals surface area contributed by atoms with Crippen molar-refractivity contribution in [1.82, 2.24) is 4.98 Å². The van der Waals surface area contributed by atoms with Crippen LogP contribution in [0.2, 0.25) is 0 Å². The first-order valence-electron chi connectivity index (χ1n) is 2.45. The average molecular weight is 104 g/mol. The Hall–Kier alpha value is -0.850. The minimum Gasteiger partial charge on any atom is -0.250 e. The zero-order chi connectivity index (χ0) is 5.98. The normalized spacial score (nSPS) is 9.25. The molecule has 0 unspecified atom stereocenters. The van der Waals surface area contributed by atoms with Crippen LogP contribution in [0.1, 0.15) is 11.3 Å². The van der Waals surface area contributed by atoms with Crippen LogP contribution in [-0.2, 0) is 0 Å². The molecule has 1 heterocycles. The van der Waals surface area contributed by atoms with Crippen molar-refractivity contribution in [3.8, 4) is 0 Å². The first kappa shape index (κ1) is 5.29. The number of hydrogen-bond donors (Lipinski definition) is 0. The monoisotopic (exact) mass is 104 g/mol. The van der Waals surface area contributed by atoms with Crippen LogP contribution in [0.4, 0.5) is 0 Å². The lowest BCUT2D eigenvalue weighted by molar-refractivity contribution is 1.15. The van der Waals surface area contributed by atoms with Crippen LogP contribution in [0.25, 0.3) is 0 Å². The third-order valence-corrected chi connectivity index (χ3v) is 0.835. The summed E-state index contributed by atoms with van der Waals surface area (Å²) in [5.41, 5.74) is 1.85. The summed E-state index contributed by atoms with van der Waals surface area (Å²) in [6.07, 6.45) is 2.62. The third-order valence-electron chi connectivity index (χ3n) is 0.835. The molecule has 1 aromatic rings. The molecule has 0 aliphatic rings. The van der Waals surface area contributed by atoms with Crippen molar-refractivity contribution in [3.63, 3.8) is 0 Å². The molecule has 0 aromatic carbocycles. The highest BCUT2D eigenvalue weighted by atomic mass is 14.6. The summed E-state index contributed by atoms with van der Waals surface area (Å²) in [6.45, 7) is 3.81. The van der Waals surface area contributed by atoms with Gasteiger partial charge in [0.1, 0.15) is 0 Å². The molecule has 1 aromatic heterocycles. The van der Waals surface area contributed by atoms with Crippen molar-refractivity contribution < 1.29 is 0 Å². The third kappa shape index (κ3) is 1.06. The summed E-state index contributed by atoms with van der Waals surface area (Å²) in [7, 11) is 0. The second-order valence-electron chi connectivity index (χ2n) is 1.68. The second kappa shape index (κ2) is 1.95. The van der Waals surface area contributed by atoms with Gasteiger partial charge in [0.15, 0.2) is 0 Å². The predicted octanol–water partition coefficient (Wildman–Crippen LogP) is 1.10. The fourth-order valence-electron chi connectivity index (χ4n) is 0.526. The Bertz CT molecular complexity index is 164. The van der Waals surface area contributed by atoms with E-state index >= 15 is 0 Å². The molecule has 3 radical (unpaired) electrons. The minimum absolute atomic E-state index is 0.876. The number of nitrogens with zero attached hydrogens (tertiary/aromatic N) is 1. The molecule has 0 amide bonds. The summed E-state index contributed by atoms with van der Waals surface area (Å²) in [5.74, 6) is 0. The molecule has 0 bridgehead atoms. The van der Waals surface area contributed by atoms with Crippen molar-refractivity contribution >= 4 is 0 Å². The van der Waals surface area contributed by atoms with Crippen molar-refractivity contribution in [2.75, 3.05) is 0 Å². The Kier molecular flexibility index (Phi) is 1.29. The quantitative estimate of drug-likeness (QED) is 0.480. The lowest BCUT2D eigenvalue weighted by Crippen LogP contribution is -1.80. The van der Waals surface area contributed by atoms with Gasteiger partial charge < -0.3 is 0 Å². The van der Waals surface area contributed by atoms with Crippen LogP contribution in [0.5, 0.6) is 0 Å². The van der Waals surface area contributed by atoms with Crippen LogP contribution in [0.15, 0.2) is 0 Å². The number of rotatable bonds is 0. The molecule has 1 heteroatoms. The summed E-state index contributed by atoms with van der Waals surface area (Å²) < 4.78 is 0. The number of aromatic nitrogens is 1. The zero-order valence-corrected chi connectivity index (χ0v) is 4.95. The van der Waals surface area contributed by atoms with E-state index in [4.69, 9.17) is 0 Å². The number of aryl methyl sites for hydroxylation is 2. The van der Waals surface area contributed by atoms with Gasteiger partial charge in [0.25, 0.3) is 0 Å². The maximum absolute atomic E-state index is 3.80. The van der Waals surface area contributed by atoms with Crippen molar-refractivity contribution in [1.29, 1.82) is 0 Å². The maximum atomic E-state index is 3.80. The van der Waals surface area contributed by atoms with Gasteiger partial charge in [0, 0.05) is 17.8 Å². The highest BCUT2D eigenvalue weighted by Crippen LogP contribution is 1.93. The number of hydrogen-bond acceptors (Lipinski definition) is 1. The van der Waals surface area contributed by atoms with Crippen LogP contribution < -0.4 is 0 Å².